The van der Waals surface area contributed by atoms with Crippen molar-refractivity contribution in [2.45, 2.75) is 58.4 Å². The lowest BCUT2D eigenvalue weighted by atomic mass is 10.0. The highest BCUT2D eigenvalue weighted by atomic mass is 16.5. The van der Waals surface area contributed by atoms with Gasteiger partial charge in [0.2, 0.25) is 5.91 Å². The van der Waals surface area contributed by atoms with Crippen LogP contribution < -0.4 is 10.5 Å². The Morgan fingerprint density at radius 2 is 2.23 bits per heavy atom. The minimum absolute atomic E-state index is 0.261. The van der Waals surface area contributed by atoms with Crippen molar-refractivity contribution in [1.29, 1.82) is 0 Å². The quantitative estimate of drug-likeness (QED) is 0.820. The van der Waals surface area contributed by atoms with Gasteiger partial charge in [-0.05, 0) is 56.7 Å². The third kappa shape index (κ3) is 4.39. The van der Waals surface area contributed by atoms with Crippen LogP contribution in [-0.4, -0.2) is 30.0 Å². The first-order valence-corrected chi connectivity index (χ1v) is 8.42. The summed E-state index contributed by atoms with van der Waals surface area (Å²) >= 11 is 0. The average Bonchev–Trinajstić information content (AvgIpc) is 2.52. The SMILES string of the molecule is CCCOc1ccc(CCC(=O)N2CCCCC2C)cc1N. The van der Waals surface area contributed by atoms with E-state index in [9.17, 15) is 4.79 Å². The topological polar surface area (TPSA) is 55.6 Å². The summed E-state index contributed by atoms with van der Waals surface area (Å²) in [5.41, 5.74) is 7.77. The molecule has 4 nitrogen and oxygen atoms in total. The van der Waals surface area contributed by atoms with E-state index in [2.05, 4.69) is 13.8 Å². The van der Waals surface area contributed by atoms with E-state index in [1.807, 2.05) is 23.1 Å². The van der Waals surface area contributed by atoms with Crippen molar-refractivity contribution in [3.05, 3.63) is 23.8 Å². The molecule has 0 saturated carbocycles. The fourth-order valence-corrected chi connectivity index (χ4v) is 2.96. The molecule has 2 N–H and O–H groups in total. The van der Waals surface area contributed by atoms with Crippen molar-refractivity contribution in [3.8, 4) is 5.75 Å². The van der Waals surface area contributed by atoms with Gasteiger partial charge in [-0.2, -0.15) is 0 Å². The molecule has 1 amide bonds. The van der Waals surface area contributed by atoms with Crippen LogP contribution in [0, 0.1) is 0 Å². The number of rotatable bonds is 6. The second-order valence-electron chi connectivity index (χ2n) is 6.15. The number of piperidine rings is 1. The smallest absolute Gasteiger partial charge is 0.223 e. The van der Waals surface area contributed by atoms with Gasteiger partial charge in [-0.3, -0.25) is 4.79 Å². The number of ether oxygens (including phenoxy) is 1. The Labute approximate surface area is 133 Å². The molecule has 1 aromatic carbocycles. The Bertz CT molecular complexity index is 502. The van der Waals surface area contributed by atoms with Crippen molar-refractivity contribution in [2.75, 3.05) is 18.9 Å². The number of aryl methyl sites for hydroxylation is 1. The Kier molecular flexibility index (Phi) is 6.10. The third-order valence-corrected chi connectivity index (χ3v) is 4.29. The van der Waals surface area contributed by atoms with Gasteiger partial charge in [-0.1, -0.05) is 13.0 Å². The summed E-state index contributed by atoms with van der Waals surface area (Å²) in [6.07, 6.45) is 5.75. The standard InChI is InChI=1S/C18H28N2O2/c1-3-12-22-17-9-7-15(13-16(17)19)8-10-18(21)20-11-5-4-6-14(20)2/h7,9,13-14H,3-6,8,10-12,19H2,1-2H3. The number of nitrogens with two attached hydrogens (primary N) is 1. The Balaban J connectivity index is 1.88. The lowest BCUT2D eigenvalue weighted by Crippen LogP contribution is -2.42. The van der Waals surface area contributed by atoms with Crippen LogP contribution in [0.3, 0.4) is 0 Å². The van der Waals surface area contributed by atoms with E-state index < -0.39 is 0 Å². The van der Waals surface area contributed by atoms with Crippen LogP contribution in [-0.2, 0) is 11.2 Å². The first kappa shape index (κ1) is 16.7. The number of hydrogen-bond acceptors (Lipinski definition) is 3. The van der Waals surface area contributed by atoms with Gasteiger partial charge in [0.1, 0.15) is 5.75 Å². The Morgan fingerprint density at radius 1 is 1.41 bits per heavy atom. The lowest BCUT2D eigenvalue weighted by molar-refractivity contribution is -0.134. The number of carbonyl (C=O) groups is 1. The summed E-state index contributed by atoms with van der Waals surface area (Å²) in [5, 5.41) is 0. The van der Waals surface area contributed by atoms with Gasteiger partial charge in [0.15, 0.2) is 0 Å². The molecule has 22 heavy (non-hydrogen) atoms. The number of nitrogen functional groups attached to an aromatic ring is 1. The van der Waals surface area contributed by atoms with Crippen LogP contribution in [0.25, 0.3) is 0 Å². The van der Waals surface area contributed by atoms with E-state index in [1.165, 1.54) is 6.42 Å². The molecule has 0 bridgehead atoms. The van der Waals surface area contributed by atoms with Crippen molar-refractivity contribution in [1.82, 2.24) is 4.90 Å². The summed E-state index contributed by atoms with van der Waals surface area (Å²) in [6, 6.07) is 6.23. The molecule has 0 radical (unpaired) electrons. The molecule has 1 unspecified atom stereocenters. The van der Waals surface area contributed by atoms with Crippen LogP contribution in [0.4, 0.5) is 5.69 Å². The van der Waals surface area contributed by atoms with Crippen molar-refractivity contribution in [3.63, 3.8) is 0 Å². The molecule has 0 aromatic heterocycles. The van der Waals surface area contributed by atoms with E-state index in [0.717, 1.165) is 43.5 Å². The normalized spacial score (nSPS) is 18.3. The molecule has 4 heteroatoms. The maximum absolute atomic E-state index is 12.3. The molecule has 1 aromatic rings. The van der Waals surface area contributed by atoms with E-state index in [-0.39, 0.29) is 5.91 Å². The highest BCUT2D eigenvalue weighted by Crippen LogP contribution is 2.24. The van der Waals surface area contributed by atoms with Gasteiger partial charge >= 0.3 is 0 Å². The van der Waals surface area contributed by atoms with Crippen molar-refractivity contribution in [2.24, 2.45) is 0 Å². The lowest BCUT2D eigenvalue weighted by Gasteiger charge is -2.33. The first-order valence-electron chi connectivity index (χ1n) is 8.42. The zero-order chi connectivity index (χ0) is 15.9. The second-order valence-corrected chi connectivity index (χ2v) is 6.15. The third-order valence-electron chi connectivity index (χ3n) is 4.29. The van der Waals surface area contributed by atoms with Crippen LogP contribution in [0.5, 0.6) is 5.75 Å². The zero-order valence-corrected chi connectivity index (χ0v) is 13.8. The maximum atomic E-state index is 12.3. The predicted molar refractivity (Wildman–Crippen MR) is 90.0 cm³/mol. The molecular formula is C18H28N2O2. The molecule has 1 saturated heterocycles. The molecule has 1 atom stereocenters. The van der Waals surface area contributed by atoms with Crippen LogP contribution >= 0.6 is 0 Å². The summed E-state index contributed by atoms with van der Waals surface area (Å²) in [7, 11) is 0. The summed E-state index contributed by atoms with van der Waals surface area (Å²) < 4.78 is 5.58. The minimum Gasteiger partial charge on any atom is -0.491 e. The van der Waals surface area contributed by atoms with Crippen LogP contribution in [0.1, 0.15) is 51.5 Å². The zero-order valence-electron chi connectivity index (χ0n) is 13.8. The summed E-state index contributed by atoms with van der Waals surface area (Å²) in [5.74, 6) is 0.999. The number of hydrogen-bond donors (Lipinski definition) is 1. The summed E-state index contributed by atoms with van der Waals surface area (Å²) in [6.45, 7) is 5.80. The molecule has 1 fully saturated rings. The first-order chi connectivity index (χ1) is 10.6. The minimum atomic E-state index is 0.261. The van der Waals surface area contributed by atoms with Crippen molar-refractivity contribution >= 4 is 11.6 Å². The Morgan fingerprint density at radius 3 is 2.91 bits per heavy atom. The Hall–Kier alpha value is -1.71. The number of amides is 1. The van der Waals surface area contributed by atoms with Gasteiger partial charge in [0, 0.05) is 19.0 Å². The molecule has 122 valence electrons. The number of nitrogens with zero attached hydrogens (tertiary/aromatic N) is 1. The molecule has 0 spiro atoms. The number of likely N-dealkylation sites (tertiary alicyclic amines) is 1. The summed E-state index contributed by atoms with van der Waals surface area (Å²) in [4.78, 5) is 14.4. The fourth-order valence-electron chi connectivity index (χ4n) is 2.96. The van der Waals surface area contributed by atoms with Gasteiger partial charge in [-0.15, -0.1) is 0 Å². The maximum Gasteiger partial charge on any atom is 0.223 e. The van der Waals surface area contributed by atoms with Gasteiger partial charge in [0.25, 0.3) is 0 Å². The molecule has 2 rings (SSSR count). The fraction of sp³-hybridized carbons (Fsp3) is 0.611. The van der Waals surface area contributed by atoms with Crippen LogP contribution in [0.2, 0.25) is 0 Å². The molecule has 1 aliphatic heterocycles. The monoisotopic (exact) mass is 304 g/mol. The van der Waals surface area contributed by atoms with Crippen molar-refractivity contribution < 1.29 is 9.53 Å². The van der Waals surface area contributed by atoms with E-state index >= 15 is 0 Å². The van der Waals surface area contributed by atoms with E-state index in [1.54, 1.807) is 0 Å². The van der Waals surface area contributed by atoms with E-state index in [0.29, 0.717) is 24.8 Å². The highest BCUT2D eigenvalue weighted by molar-refractivity contribution is 5.77. The second kappa shape index (κ2) is 8.06. The predicted octanol–water partition coefficient (Wildman–Crippen LogP) is 3.39. The van der Waals surface area contributed by atoms with E-state index in [4.69, 9.17) is 10.5 Å². The largest absolute Gasteiger partial charge is 0.491 e. The number of anilines is 1. The molecule has 1 heterocycles. The van der Waals surface area contributed by atoms with Gasteiger partial charge in [-0.25, -0.2) is 0 Å². The molecule has 0 aliphatic carbocycles. The van der Waals surface area contributed by atoms with Crippen LogP contribution in [0.15, 0.2) is 18.2 Å². The highest BCUT2D eigenvalue weighted by Gasteiger charge is 2.22. The van der Waals surface area contributed by atoms with Gasteiger partial charge in [0.05, 0.1) is 12.3 Å². The van der Waals surface area contributed by atoms with Gasteiger partial charge < -0.3 is 15.4 Å². The molecular weight excluding hydrogens is 276 g/mol. The molecule has 1 aliphatic rings. The number of benzene rings is 1. The average molecular weight is 304 g/mol. The number of carbonyl (C=O) groups excluding carboxylic acids is 1.